The molecule has 1 fully saturated rings. The van der Waals surface area contributed by atoms with Gasteiger partial charge in [-0.1, -0.05) is 17.7 Å². The van der Waals surface area contributed by atoms with E-state index in [-0.39, 0.29) is 17.5 Å². The van der Waals surface area contributed by atoms with Crippen LogP contribution in [-0.4, -0.2) is 39.7 Å². The van der Waals surface area contributed by atoms with Crippen molar-refractivity contribution >= 4 is 40.9 Å². The molecule has 4 rings (SSSR count). The first-order valence-electron chi connectivity index (χ1n) is 10.5. The molecule has 4 amide bonds. The molecule has 0 spiro atoms. The molecule has 2 aromatic carbocycles. The molecule has 0 aliphatic carbocycles. The maximum Gasteiger partial charge on any atom is 0.273 e. The molecule has 1 atom stereocenters. The number of amides is 4. The molecule has 172 valence electrons. The highest BCUT2D eigenvalue weighted by atomic mass is 35.5. The van der Waals surface area contributed by atoms with E-state index in [0.29, 0.717) is 10.7 Å². The number of carbonyl (C=O) groups excluding carboxylic acids is 4. The number of nitrogens with zero attached hydrogens (tertiary/aromatic N) is 3. The summed E-state index contributed by atoms with van der Waals surface area (Å²) in [6, 6.07) is 13.0. The van der Waals surface area contributed by atoms with E-state index in [9.17, 15) is 19.2 Å². The Kier molecular flexibility index (Phi) is 6.43. The number of aromatic nitrogens is 1. The minimum Gasteiger partial charge on any atom is -0.274 e. The second-order valence-corrected chi connectivity index (χ2v) is 8.35. The fourth-order valence-corrected chi connectivity index (χ4v) is 3.76. The standard InChI is InChI=1S/C25H21ClN4O4/c1-15-3-8-20(13-16(15)2)29-22(31)14-21(25(29)34)30(24(33)18-4-6-19(26)7-5-18)28-23(32)17-9-11-27-12-10-17/h3-13,21H,14H2,1-2H3,(H,28,32). The molecule has 1 aliphatic rings. The monoisotopic (exact) mass is 476 g/mol. The van der Waals surface area contributed by atoms with Crippen LogP contribution in [0.5, 0.6) is 0 Å². The van der Waals surface area contributed by atoms with Crippen molar-refractivity contribution in [3.05, 3.63) is 94.3 Å². The number of pyridine rings is 1. The van der Waals surface area contributed by atoms with Gasteiger partial charge in [0.15, 0.2) is 0 Å². The number of benzene rings is 2. The Hall–Kier alpha value is -4.04. The Morgan fingerprint density at radius 1 is 0.971 bits per heavy atom. The van der Waals surface area contributed by atoms with Crippen molar-refractivity contribution in [2.45, 2.75) is 26.3 Å². The lowest BCUT2D eigenvalue weighted by Gasteiger charge is -2.28. The summed E-state index contributed by atoms with van der Waals surface area (Å²) < 4.78 is 0. The van der Waals surface area contributed by atoms with Gasteiger partial charge < -0.3 is 0 Å². The fraction of sp³-hybridized carbons (Fsp3) is 0.160. The van der Waals surface area contributed by atoms with Gasteiger partial charge in [0.05, 0.1) is 12.1 Å². The van der Waals surface area contributed by atoms with Crippen LogP contribution in [0, 0.1) is 13.8 Å². The first-order valence-corrected chi connectivity index (χ1v) is 10.9. The van der Waals surface area contributed by atoms with Crippen LogP contribution in [0.3, 0.4) is 0 Å². The average Bonchev–Trinajstić information content (AvgIpc) is 3.13. The number of rotatable bonds is 4. The van der Waals surface area contributed by atoms with Gasteiger partial charge in [0, 0.05) is 28.5 Å². The zero-order valence-electron chi connectivity index (χ0n) is 18.5. The third-order valence-electron chi connectivity index (χ3n) is 5.66. The molecule has 0 bridgehead atoms. The van der Waals surface area contributed by atoms with Crippen LogP contribution in [0.25, 0.3) is 0 Å². The maximum atomic E-state index is 13.4. The molecular weight excluding hydrogens is 456 g/mol. The van der Waals surface area contributed by atoms with Crippen LogP contribution >= 0.6 is 11.6 Å². The maximum absolute atomic E-state index is 13.4. The van der Waals surface area contributed by atoms with E-state index in [1.54, 1.807) is 12.1 Å². The summed E-state index contributed by atoms with van der Waals surface area (Å²) in [4.78, 5) is 57.4. The van der Waals surface area contributed by atoms with Crippen LogP contribution < -0.4 is 10.3 Å². The molecule has 1 aliphatic heterocycles. The molecule has 1 N–H and O–H groups in total. The first-order chi connectivity index (χ1) is 16.3. The summed E-state index contributed by atoms with van der Waals surface area (Å²) in [5.41, 5.74) is 5.31. The molecule has 0 saturated carbocycles. The van der Waals surface area contributed by atoms with Crippen LogP contribution in [0.2, 0.25) is 5.02 Å². The van der Waals surface area contributed by atoms with Gasteiger partial charge >= 0.3 is 0 Å². The minimum absolute atomic E-state index is 0.198. The molecule has 9 heteroatoms. The topological polar surface area (TPSA) is 99.7 Å². The van der Waals surface area contributed by atoms with Crippen molar-refractivity contribution in [1.29, 1.82) is 0 Å². The Morgan fingerprint density at radius 3 is 2.29 bits per heavy atom. The molecule has 34 heavy (non-hydrogen) atoms. The number of hydrogen-bond donors (Lipinski definition) is 1. The largest absolute Gasteiger partial charge is 0.274 e. The smallest absolute Gasteiger partial charge is 0.273 e. The highest BCUT2D eigenvalue weighted by molar-refractivity contribution is 6.30. The Bertz CT molecular complexity index is 1280. The summed E-state index contributed by atoms with van der Waals surface area (Å²) >= 11 is 5.93. The zero-order chi connectivity index (χ0) is 24.4. The van der Waals surface area contributed by atoms with E-state index in [1.165, 1.54) is 48.8 Å². The van der Waals surface area contributed by atoms with Gasteiger partial charge in [0.1, 0.15) is 6.04 Å². The molecule has 3 aromatic rings. The lowest BCUT2D eigenvalue weighted by atomic mass is 10.1. The number of hydrogen-bond acceptors (Lipinski definition) is 5. The second kappa shape index (κ2) is 9.44. The molecule has 1 unspecified atom stereocenters. The van der Waals surface area contributed by atoms with Crippen LogP contribution in [0.1, 0.15) is 38.3 Å². The minimum atomic E-state index is -1.22. The summed E-state index contributed by atoms with van der Waals surface area (Å²) in [6.45, 7) is 3.81. The summed E-state index contributed by atoms with van der Waals surface area (Å²) in [5.74, 6) is -2.34. The lowest BCUT2D eigenvalue weighted by molar-refractivity contribution is -0.122. The number of anilines is 1. The van der Waals surface area contributed by atoms with E-state index >= 15 is 0 Å². The van der Waals surface area contributed by atoms with Crippen LogP contribution in [0.15, 0.2) is 67.0 Å². The quantitative estimate of drug-likeness (QED) is 0.459. The first kappa shape index (κ1) is 23.1. The number of halogens is 1. The molecule has 0 radical (unpaired) electrons. The average molecular weight is 477 g/mol. The second-order valence-electron chi connectivity index (χ2n) is 7.91. The van der Waals surface area contributed by atoms with Gasteiger partial charge in [-0.05, 0) is 73.5 Å². The SMILES string of the molecule is Cc1ccc(N2C(=O)CC(N(NC(=O)c3ccncc3)C(=O)c3ccc(Cl)cc3)C2=O)cc1C. The Labute approximate surface area is 201 Å². The van der Waals surface area contributed by atoms with Gasteiger partial charge in [-0.2, -0.15) is 0 Å². The van der Waals surface area contributed by atoms with Gasteiger partial charge in [-0.3, -0.25) is 29.6 Å². The van der Waals surface area contributed by atoms with Crippen LogP contribution in [0.4, 0.5) is 5.69 Å². The van der Waals surface area contributed by atoms with Crippen LogP contribution in [-0.2, 0) is 9.59 Å². The number of carbonyl (C=O) groups is 4. The van der Waals surface area contributed by atoms with Crippen molar-refractivity contribution in [3.63, 3.8) is 0 Å². The van der Waals surface area contributed by atoms with Crippen molar-refractivity contribution in [1.82, 2.24) is 15.4 Å². The van der Waals surface area contributed by atoms with Crippen molar-refractivity contribution in [2.75, 3.05) is 4.90 Å². The molecule has 1 aromatic heterocycles. The Balaban J connectivity index is 1.69. The number of imide groups is 1. The summed E-state index contributed by atoms with van der Waals surface area (Å²) in [5, 5.41) is 1.35. The van der Waals surface area contributed by atoms with Gasteiger partial charge in [0.25, 0.3) is 17.7 Å². The molecular formula is C25H21ClN4O4. The van der Waals surface area contributed by atoms with Crippen molar-refractivity contribution in [2.24, 2.45) is 0 Å². The highest BCUT2D eigenvalue weighted by Gasteiger charge is 2.45. The number of aryl methyl sites for hydroxylation is 2. The predicted molar refractivity (Wildman–Crippen MR) is 126 cm³/mol. The highest BCUT2D eigenvalue weighted by Crippen LogP contribution is 2.28. The molecule has 1 saturated heterocycles. The number of nitrogens with one attached hydrogen (secondary N) is 1. The summed E-state index contributed by atoms with van der Waals surface area (Å²) in [7, 11) is 0. The molecule has 2 heterocycles. The van der Waals surface area contributed by atoms with E-state index in [2.05, 4.69) is 10.4 Å². The Morgan fingerprint density at radius 2 is 1.65 bits per heavy atom. The van der Waals surface area contributed by atoms with E-state index in [1.807, 2.05) is 19.9 Å². The van der Waals surface area contributed by atoms with E-state index < -0.39 is 29.7 Å². The normalized spacial score (nSPS) is 15.4. The third-order valence-corrected chi connectivity index (χ3v) is 5.91. The number of hydrazine groups is 1. The lowest BCUT2D eigenvalue weighted by Crippen LogP contribution is -2.54. The fourth-order valence-electron chi connectivity index (χ4n) is 3.63. The van der Waals surface area contributed by atoms with Gasteiger partial charge in [0.2, 0.25) is 5.91 Å². The van der Waals surface area contributed by atoms with E-state index in [4.69, 9.17) is 11.6 Å². The molecule has 8 nitrogen and oxygen atoms in total. The van der Waals surface area contributed by atoms with Crippen molar-refractivity contribution in [3.8, 4) is 0 Å². The van der Waals surface area contributed by atoms with E-state index in [0.717, 1.165) is 21.0 Å². The third kappa shape index (κ3) is 4.53. The summed E-state index contributed by atoms with van der Waals surface area (Å²) in [6.07, 6.45) is 2.60. The zero-order valence-corrected chi connectivity index (χ0v) is 19.2. The van der Waals surface area contributed by atoms with Gasteiger partial charge in [-0.15, -0.1) is 0 Å². The predicted octanol–water partition coefficient (Wildman–Crippen LogP) is 3.47. The van der Waals surface area contributed by atoms with Crippen molar-refractivity contribution < 1.29 is 19.2 Å². The van der Waals surface area contributed by atoms with Gasteiger partial charge in [-0.25, -0.2) is 9.91 Å².